The molecule has 4 heteroatoms. The molecule has 0 aromatic carbocycles. The van der Waals surface area contributed by atoms with E-state index in [-0.39, 0.29) is 0 Å². The van der Waals surface area contributed by atoms with Gasteiger partial charge in [0.15, 0.2) is 0 Å². The topological polar surface area (TPSA) is 38.9 Å². The third-order valence-corrected chi connectivity index (χ3v) is 2.26. The Kier molecular flexibility index (Phi) is 4.25. The number of pyridine rings is 1. The van der Waals surface area contributed by atoms with Crippen LogP contribution in [0.5, 0.6) is 0 Å². The van der Waals surface area contributed by atoms with Crippen molar-refractivity contribution in [2.24, 2.45) is 0 Å². The molecule has 13 heavy (non-hydrogen) atoms. The summed E-state index contributed by atoms with van der Waals surface area (Å²) in [4.78, 5) is 3.95. The van der Waals surface area contributed by atoms with E-state index in [4.69, 9.17) is 17.3 Å². The fourth-order valence-electron chi connectivity index (χ4n) is 0.852. The average Bonchev–Trinajstić information content (AvgIpc) is 2.09. The molecule has 1 aromatic heterocycles. The van der Waals surface area contributed by atoms with Gasteiger partial charge in [-0.2, -0.15) is 0 Å². The fourth-order valence-corrected chi connectivity index (χ4v) is 1.34. The van der Waals surface area contributed by atoms with E-state index in [1.807, 2.05) is 12.2 Å². The summed E-state index contributed by atoms with van der Waals surface area (Å²) in [6.07, 6.45) is 6.62. The van der Waals surface area contributed by atoms with Crippen molar-refractivity contribution < 1.29 is 0 Å². The van der Waals surface area contributed by atoms with Crippen LogP contribution in [0.3, 0.4) is 0 Å². The predicted molar refractivity (Wildman–Crippen MR) is 61.1 cm³/mol. The summed E-state index contributed by atoms with van der Waals surface area (Å²) < 4.78 is 0. The SMILES string of the molecule is Nc1cc(Cl)c(C=CCCBr)cn1. The van der Waals surface area contributed by atoms with E-state index in [9.17, 15) is 0 Å². The molecule has 0 bridgehead atoms. The Hall–Kier alpha value is -0.540. The van der Waals surface area contributed by atoms with Gasteiger partial charge in [-0.1, -0.05) is 39.7 Å². The molecule has 0 amide bonds. The van der Waals surface area contributed by atoms with Gasteiger partial charge in [-0.3, -0.25) is 0 Å². The number of alkyl halides is 1. The van der Waals surface area contributed by atoms with Crippen LogP contribution >= 0.6 is 27.5 Å². The lowest BCUT2D eigenvalue weighted by Crippen LogP contribution is -1.89. The summed E-state index contributed by atoms with van der Waals surface area (Å²) >= 11 is 9.26. The number of nitrogens with zero attached hydrogens (tertiary/aromatic N) is 1. The molecule has 0 spiro atoms. The molecule has 0 aliphatic heterocycles. The van der Waals surface area contributed by atoms with Crippen LogP contribution in [-0.2, 0) is 0 Å². The monoisotopic (exact) mass is 260 g/mol. The van der Waals surface area contributed by atoms with Crippen LogP contribution in [0, 0.1) is 0 Å². The van der Waals surface area contributed by atoms with Gasteiger partial charge in [0.1, 0.15) is 5.82 Å². The van der Waals surface area contributed by atoms with E-state index >= 15 is 0 Å². The van der Waals surface area contributed by atoms with Gasteiger partial charge < -0.3 is 5.73 Å². The maximum Gasteiger partial charge on any atom is 0.124 e. The summed E-state index contributed by atoms with van der Waals surface area (Å²) in [6.45, 7) is 0. The standard InChI is InChI=1S/C9H10BrClN2/c10-4-2-1-3-7-6-13-9(12)5-8(7)11/h1,3,5-6H,2,4H2,(H2,12,13). The summed E-state index contributed by atoms with van der Waals surface area (Å²) in [6, 6.07) is 1.65. The largest absolute Gasteiger partial charge is 0.384 e. The van der Waals surface area contributed by atoms with Crippen LogP contribution in [0.2, 0.25) is 5.02 Å². The second-order valence-corrected chi connectivity index (χ2v) is 3.71. The van der Waals surface area contributed by atoms with Gasteiger partial charge in [0.25, 0.3) is 0 Å². The van der Waals surface area contributed by atoms with Crippen molar-refractivity contribution in [3.05, 3.63) is 28.9 Å². The molecule has 0 saturated heterocycles. The number of anilines is 1. The highest BCUT2D eigenvalue weighted by molar-refractivity contribution is 9.09. The number of aromatic nitrogens is 1. The normalized spacial score (nSPS) is 10.9. The number of hydrogen-bond acceptors (Lipinski definition) is 2. The zero-order chi connectivity index (χ0) is 9.68. The van der Waals surface area contributed by atoms with Gasteiger partial charge in [-0.05, 0) is 12.5 Å². The number of halogens is 2. The molecule has 2 N–H and O–H groups in total. The first kappa shape index (κ1) is 10.5. The number of rotatable bonds is 3. The number of allylic oxidation sites excluding steroid dienone is 1. The predicted octanol–water partition coefficient (Wildman–Crippen LogP) is 3.12. The first-order chi connectivity index (χ1) is 6.24. The Morgan fingerprint density at radius 1 is 1.62 bits per heavy atom. The highest BCUT2D eigenvalue weighted by Crippen LogP contribution is 2.18. The molecule has 0 radical (unpaired) electrons. The summed E-state index contributed by atoms with van der Waals surface area (Å²) in [5.41, 5.74) is 6.36. The minimum atomic E-state index is 0.447. The van der Waals surface area contributed by atoms with Gasteiger partial charge in [-0.25, -0.2) is 4.98 Å². The van der Waals surface area contributed by atoms with Gasteiger partial charge in [0.05, 0.1) is 5.02 Å². The molecule has 0 unspecified atom stereocenters. The first-order valence-electron chi connectivity index (χ1n) is 3.87. The van der Waals surface area contributed by atoms with Gasteiger partial charge >= 0.3 is 0 Å². The highest BCUT2D eigenvalue weighted by Gasteiger charge is 1.96. The molecule has 70 valence electrons. The van der Waals surface area contributed by atoms with E-state index in [1.165, 1.54) is 0 Å². The molecule has 0 aliphatic carbocycles. The second kappa shape index (κ2) is 5.25. The van der Waals surface area contributed by atoms with Gasteiger partial charge in [0.2, 0.25) is 0 Å². The van der Waals surface area contributed by atoms with Crippen molar-refractivity contribution in [2.75, 3.05) is 11.1 Å². The van der Waals surface area contributed by atoms with E-state index in [1.54, 1.807) is 12.3 Å². The molecular formula is C9H10BrClN2. The molecule has 0 saturated carbocycles. The van der Waals surface area contributed by atoms with Crippen LogP contribution in [0.15, 0.2) is 18.3 Å². The van der Waals surface area contributed by atoms with E-state index in [2.05, 4.69) is 20.9 Å². The lowest BCUT2D eigenvalue weighted by molar-refractivity contribution is 1.27. The second-order valence-electron chi connectivity index (χ2n) is 2.51. The average molecular weight is 262 g/mol. The lowest BCUT2D eigenvalue weighted by Gasteiger charge is -1.98. The van der Waals surface area contributed by atoms with Crippen molar-refractivity contribution >= 4 is 39.4 Å². The molecule has 1 rings (SSSR count). The fraction of sp³-hybridized carbons (Fsp3) is 0.222. The van der Waals surface area contributed by atoms with Crippen molar-refractivity contribution in [2.45, 2.75) is 6.42 Å². The molecule has 1 heterocycles. The minimum Gasteiger partial charge on any atom is -0.384 e. The summed E-state index contributed by atoms with van der Waals surface area (Å²) in [7, 11) is 0. The Balaban J connectivity index is 2.77. The van der Waals surface area contributed by atoms with Crippen LogP contribution in [0.1, 0.15) is 12.0 Å². The molecule has 0 aliphatic rings. The third kappa shape index (κ3) is 3.36. The summed E-state index contributed by atoms with van der Waals surface area (Å²) in [5, 5.41) is 1.59. The van der Waals surface area contributed by atoms with Crippen LogP contribution in [0.4, 0.5) is 5.82 Å². The zero-order valence-corrected chi connectivity index (χ0v) is 9.35. The molecule has 2 nitrogen and oxygen atoms in total. The van der Waals surface area contributed by atoms with E-state index in [0.29, 0.717) is 10.8 Å². The maximum absolute atomic E-state index is 5.93. The van der Waals surface area contributed by atoms with E-state index < -0.39 is 0 Å². The van der Waals surface area contributed by atoms with Crippen LogP contribution in [-0.4, -0.2) is 10.3 Å². The maximum atomic E-state index is 5.93. The molecule has 0 fully saturated rings. The number of nitrogens with two attached hydrogens (primary N) is 1. The van der Waals surface area contributed by atoms with Crippen molar-refractivity contribution in [1.82, 2.24) is 4.98 Å². The quantitative estimate of drug-likeness (QED) is 0.849. The lowest BCUT2D eigenvalue weighted by atomic mass is 10.2. The van der Waals surface area contributed by atoms with Gasteiger partial charge in [-0.15, -0.1) is 0 Å². The molecule has 1 aromatic rings. The van der Waals surface area contributed by atoms with Crippen molar-refractivity contribution in [3.63, 3.8) is 0 Å². The zero-order valence-electron chi connectivity index (χ0n) is 7.00. The first-order valence-corrected chi connectivity index (χ1v) is 5.37. The van der Waals surface area contributed by atoms with Crippen molar-refractivity contribution in [1.29, 1.82) is 0 Å². The Morgan fingerprint density at radius 3 is 3.00 bits per heavy atom. The molecule has 0 atom stereocenters. The van der Waals surface area contributed by atoms with Gasteiger partial charge in [0, 0.05) is 17.1 Å². The van der Waals surface area contributed by atoms with Crippen LogP contribution < -0.4 is 5.73 Å². The minimum absolute atomic E-state index is 0.447. The van der Waals surface area contributed by atoms with Crippen molar-refractivity contribution in [3.8, 4) is 0 Å². The van der Waals surface area contributed by atoms with E-state index in [0.717, 1.165) is 17.3 Å². The summed E-state index contributed by atoms with van der Waals surface area (Å²) in [5.74, 6) is 0.447. The highest BCUT2D eigenvalue weighted by atomic mass is 79.9. The smallest absolute Gasteiger partial charge is 0.124 e. The number of hydrogen-bond donors (Lipinski definition) is 1. The Morgan fingerprint density at radius 2 is 2.38 bits per heavy atom. The number of nitrogen functional groups attached to an aromatic ring is 1. The third-order valence-electron chi connectivity index (χ3n) is 1.48. The van der Waals surface area contributed by atoms with Crippen LogP contribution in [0.25, 0.3) is 6.08 Å². The molecular weight excluding hydrogens is 251 g/mol. The Bertz CT molecular complexity index is 312. The Labute approximate surface area is 90.9 Å².